The molecule has 0 unspecified atom stereocenters. The summed E-state index contributed by atoms with van der Waals surface area (Å²) in [6, 6.07) is 8.88. The molecule has 1 aliphatic carbocycles. The predicted octanol–water partition coefficient (Wildman–Crippen LogP) is 2.84. The lowest BCUT2D eigenvalue weighted by molar-refractivity contribution is -0.120. The summed E-state index contributed by atoms with van der Waals surface area (Å²) in [6.07, 6.45) is 7.49. The lowest BCUT2D eigenvalue weighted by Crippen LogP contribution is -2.43. The molecule has 20 heavy (non-hydrogen) atoms. The molecule has 0 atom stereocenters. The van der Waals surface area contributed by atoms with Crippen molar-refractivity contribution in [2.45, 2.75) is 44.6 Å². The summed E-state index contributed by atoms with van der Waals surface area (Å²) in [5.41, 5.74) is 2.43. The third-order valence-corrected chi connectivity index (χ3v) is 4.77. The Bertz CT molecular complexity index is 480. The van der Waals surface area contributed by atoms with Crippen LogP contribution in [0.5, 0.6) is 0 Å². The van der Waals surface area contributed by atoms with Gasteiger partial charge in [-0.25, -0.2) is 0 Å². The summed E-state index contributed by atoms with van der Waals surface area (Å²) in [6.45, 7) is 1.40. The quantitative estimate of drug-likeness (QED) is 0.844. The van der Waals surface area contributed by atoms with Crippen LogP contribution in [-0.2, 0) is 11.2 Å². The van der Waals surface area contributed by atoms with E-state index in [0.29, 0.717) is 12.6 Å². The van der Waals surface area contributed by atoms with Crippen LogP contribution in [0.2, 0.25) is 0 Å². The van der Waals surface area contributed by atoms with Crippen molar-refractivity contribution in [1.29, 1.82) is 0 Å². The van der Waals surface area contributed by atoms with Crippen LogP contribution in [0.15, 0.2) is 24.3 Å². The number of nitrogens with zero attached hydrogens (tertiary/aromatic N) is 2. The van der Waals surface area contributed by atoms with E-state index < -0.39 is 0 Å². The molecule has 2 aliphatic rings. The number of hydrogen-bond donors (Lipinski definition) is 0. The Balaban J connectivity index is 1.62. The third-order valence-electron chi connectivity index (χ3n) is 4.77. The Labute approximate surface area is 121 Å². The topological polar surface area (TPSA) is 23.6 Å². The fourth-order valence-corrected chi connectivity index (χ4v) is 3.55. The number of fused-ring (bicyclic) bond motifs is 1. The number of anilines is 1. The van der Waals surface area contributed by atoms with E-state index in [9.17, 15) is 4.79 Å². The Kier molecular flexibility index (Phi) is 4.06. The summed E-state index contributed by atoms with van der Waals surface area (Å²) in [7, 11) is 2.11. The zero-order valence-electron chi connectivity index (χ0n) is 12.3. The third kappa shape index (κ3) is 2.73. The molecule has 0 N–H and O–H groups in total. The number of likely N-dealkylation sites (N-methyl/N-ethyl adjacent to an activating group) is 1. The van der Waals surface area contributed by atoms with Crippen molar-refractivity contribution in [3.63, 3.8) is 0 Å². The first-order chi connectivity index (χ1) is 9.75. The van der Waals surface area contributed by atoms with Crippen molar-refractivity contribution < 1.29 is 4.79 Å². The molecule has 0 radical (unpaired) electrons. The van der Waals surface area contributed by atoms with Crippen molar-refractivity contribution in [3.8, 4) is 0 Å². The van der Waals surface area contributed by atoms with Crippen LogP contribution in [0.1, 0.15) is 37.7 Å². The first-order valence-corrected chi connectivity index (χ1v) is 7.84. The van der Waals surface area contributed by atoms with E-state index in [1.54, 1.807) is 0 Å². The molecule has 1 heterocycles. The molecule has 0 saturated heterocycles. The summed E-state index contributed by atoms with van der Waals surface area (Å²) >= 11 is 0. The summed E-state index contributed by atoms with van der Waals surface area (Å²) in [4.78, 5) is 16.8. The molecule has 1 saturated carbocycles. The van der Waals surface area contributed by atoms with Crippen LogP contribution in [0.3, 0.4) is 0 Å². The first-order valence-electron chi connectivity index (χ1n) is 7.84. The van der Waals surface area contributed by atoms with Gasteiger partial charge in [0.15, 0.2) is 0 Å². The van der Waals surface area contributed by atoms with Gasteiger partial charge in [-0.15, -0.1) is 0 Å². The number of amides is 1. The van der Waals surface area contributed by atoms with Crippen molar-refractivity contribution in [3.05, 3.63) is 29.8 Å². The van der Waals surface area contributed by atoms with Crippen LogP contribution < -0.4 is 4.90 Å². The van der Waals surface area contributed by atoms with Gasteiger partial charge in [-0.1, -0.05) is 37.5 Å². The molecule has 3 rings (SSSR count). The molecule has 0 spiro atoms. The maximum absolute atomic E-state index is 12.5. The summed E-state index contributed by atoms with van der Waals surface area (Å²) < 4.78 is 0. The average molecular weight is 272 g/mol. The fraction of sp³-hybridized carbons (Fsp3) is 0.588. The minimum Gasteiger partial charge on any atom is -0.311 e. The smallest absolute Gasteiger partial charge is 0.241 e. The minimum absolute atomic E-state index is 0.253. The van der Waals surface area contributed by atoms with Gasteiger partial charge in [-0.05, 0) is 37.9 Å². The molecule has 0 bridgehead atoms. The highest BCUT2D eigenvalue weighted by Gasteiger charge is 2.26. The second-order valence-electron chi connectivity index (χ2n) is 6.13. The minimum atomic E-state index is 0.253. The molecular formula is C17H24N2O. The van der Waals surface area contributed by atoms with E-state index >= 15 is 0 Å². The largest absolute Gasteiger partial charge is 0.311 e. The summed E-state index contributed by atoms with van der Waals surface area (Å²) in [5, 5.41) is 0. The van der Waals surface area contributed by atoms with E-state index in [0.717, 1.165) is 18.7 Å². The normalized spacial score (nSPS) is 19.4. The molecule has 0 aromatic heterocycles. The highest BCUT2D eigenvalue weighted by Crippen LogP contribution is 2.28. The van der Waals surface area contributed by atoms with E-state index in [-0.39, 0.29) is 5.91 Å². The maximum Gasteiger partial charge on any atom is 0.241 e. The molecule has 1 aromatic rings. The van der Waals surface area contributed by atoms with Gasteiger partial charge in [-0.3, -0.25) is 9.69 Å². The number of rotatable bonds is 3. The van der Waals surface area contributed by atoms with Gasteiger partial charge < -0.3 is 4.90 Å². The highest BCUT2D eigenvalue weighted by atomic mass is 16.2. The SMILES string of the molecule is CN(CC(=O)N1CCc2ccccc21)C1CCCCC1. The molecular weight excluding hydrogens is 248 g/mol. The van der Waals surface area contributed by atoms with Gasteiger partial charge in [0, 0.05) is 18.3 Å². The number of benzene rings is 1. The second kappa shape index (κ2) is 5.96. The molecule has 1 aromatic carbocycles. The van der Waals surface area contributed by atoms with Crippen LogP contribution >= 0.6 is 0 Å². The Morgan fingerprint density at radius 3 is 2.80 bits per heavy atom. The fourth-order valence-electron chi connectivity index (χ4n) is 3.55. The van der Waals surface area contributed by atoms with Crippen LogP contribution in [-0.4, -0.2) is 37.0 Å². The van der Waals surface area contributed by atoms with Crippen molar-refractivity contribution in [2.24, 2.45) is 0 Å². The van der Waals surface area contributed by atoms with Gasteiger partial charge in [0.2, 0.25) is 5.91 Å². The maximum atomic E-state index is 12.5. The lowest BCUT2D eigenvalue weighted by atomic mass is 9.94. The number of para-hydroxylation sites is 1. The zero-order valence-corrected chi connectivity index (χ0v) is 12.3. The standard InChI is InChI=1S/C17H24N2O/c1-18(15-8-3-2-4-9-15)13-17(20)19-12-11-14-7-5-6-10-16(14)19/h5-7,10,15H,2-4,8-9,11-13H2,1H3. The van der Waals surface area contributed by atoms with Crippen LogP contribution in [0, 0.1) is 0 Å². The zero-order chi connectivity index (χ0) is 13.9. The van der Waals surface area contributed by atoms with Crippen molar-refractivity contribution in [1.82, 2.24) is 4.90 Å². The van der Waals surface area contributed by atoms with E-state index in [1.165, 1.54) is 37.7 Å². The molecule has 108 valence electrons. The van der Waals surface area contributed by atoms with Gasteiger partial charge in [-0.2, -0.15) is 0 Å². The van der Waals surface area contributed by atoms with Gasteiger partial charge in [0.25, 0.3) is 0 Å². The number of carbonyl (C=O) groups excluding carboxylic acids is 1. The van der Waals surface area contributed by atoms with Gasteiger partial charge in [0.1, 0.15) is 0 Å². The number of carbonyl (C=O) groups is 1. The van der Waals surface area contributed by atoms with E-state index in [4.69, 9.17) is 0 Å². The first kappa shape index (κ1) is 13.6. The average Bonchev–Trinajstić information content (AvgIpc) is 2.92. The van der Waals surface area contributed by atoms with Gasteiger partial charge in [0.05, 0.1) is 6.54 Å². The predicted molar refractivity (Wildman–Crippen MR) is 82.0 cm³/mol. The van der Waals surface area contributed by atoms with Gasteiger partial charge >= 0.3 is 0 Å². The Morgan fingerprint density at radius 1 is 1.25 bits per heavy atom. The van der Waals surface area contributed by atoms with Crippen molar-refractivity contribution in [2.75, 3.05) is 25.0 Å². The number of hydrogen-bond acceptors (Lipinski definition) is 2. The van der Waals surface area contributed by atoms with E-state index in [2.05, 4.69) is 30.1 Å². The van der Waals surface area contributed by atoms with Crippen LogP contribution in [0.4, 0.5) is 5.69 Å². The highest BCUT2D eigenvalue weighted by molar-refractivity contribution is 5.96. The monoisotopic (exact) mass is 272 g/mol. The molecule has 3 heteroatoms. The van der Waals surface area contributed by atoms with E-state index in [1.807, 2.05) is 11.0 Å². The second-order valence-corrected chi connectivity index (χ2v) is 6.13. The lowest BCUT2D eigenvalue weighted by Gasteiger charge is -2.31. The van der Waals surface area contributed by atoms with Crippen LogP contribution in [0.25, 0.3) is 0 Å². The Morgan fingerprint density at radius 2 is 2.00 bits per heavy atom. The Hall–Kier alpha value is -1.35. The molecule has 1 aliphatic heterocycles. The summed E-state index contributed by atoms with van der Waals surface area (Å²) in [5.74, 6) is 0.253. The molecule has 3 nitrogen and oxygen atoms in total. The van der Waals surface area contributed by atoms with Crippen molar-refractivity contribution >= 4 is 11.6 Å². The molecule has 1 amide bonds. The molecule has 1 fully saturated rings.